The van der Waals surface area contributed by atoms with Crippen LogP contribution < -0.4 is 15.4 Å². The summed E-state index contributed by atoms with van der Waals surface area (Å²) in [5.74, 6) is 0.830. The summed E-state index contributed by atoms with van der Waals surface area (Å²) in [6.45, 7) is 1.09. The quantitative estimate of drug-likeness (QED) is 0.826. The van der Waals surface area contributed by atoms with Crippen LogP contribution in [0, 0.1) is 0 Å². The third-order valence-corrected chi connectivity index (χ3v) is 3.67. The van der Waals surface area contributed by atoms with E-state index in [4.69, 9.17) is 4.74 Å². The van der Waals surface area contributed by atoms with Gasteiger partial charge < -0.3 is 15.4 Å². The van der Waals surface area contributed by atoms with Crippen molar-refractivity contribution >= 4 is 22.0 Å². The molecule has 2 rings (SSSR count). The zero-order chi connectivity index (χ0) is 15.8. The van der Waals surface area contributed by atoms with E-state index < -0.39 is 0 Å². The molecule has 22 heavy (non-hydrogen) atoms. The molecular formula is C17H19BrN2O2. The maximum atomic E-state index is 11.8. The van der Waals surface area contributed by atoms with Crippen molar-refractivity contribution in [1.82, 2.24) is 10.6 Å². The molecule has 0 unspecified atom stereocenters. The second-order valence-electron chi connectivity index (χ2n) is 4.84. The molecule has 0 saturated carbocycles. The van der Waals surface area contributed by atoms with Gasteiger partial charge in [0.15, 0.2) is 0 Å². The van der Waals surface area contributed by atoms with Crippen molar-refractivity contribution in [2.75, 3.05) is 13.7 Å². The van der Waals surface area contributed by atoms with Crippen LogP contribution >= 0.6 is 15.9 Å². The molecule has 0 aliphatic rings. The summed E-state index contributed by atoms with van der Waals surface area (Å²) in [6, 6.07) is 15.5. The number of methoxy groups -OCH3 is 1. The number of ether oxygens (including phenoxy) is 1. The highest BCUT2D eigenvalue weighted by Gasteiger charge is 2.01. The van der Waals surface area contributed by atoms with E-state index in [1.54, 1.807) is 7.11 Å². The first-order valence-corrected chi connectivity index (χ1v) is 7.86. The van der Waals surface area contributed by atoms with Crippen LogP contribution in [0.4, 0.5) is 4.79 Å². The van der Waals surface area contributed by atoms with Gasteiger partial charge in [0, 0.05) is 17.6 Å². The van der Waals surface area contributed by atoms with E-state index in [1.807, 2.05) is 48.5 Å². The molecule has 0 atom stereocenters. The molecule has 0 radical (unpaired) electrons. The Bertz CT molecular complexity index is 632. The number of halogens is 1. The number of benzene rings is 2. The number of urea groups is 1. The lowest BCUT2D eigenvalue weighted by Gasteiger charge is -2.08. The lowest BCUT2D eigenvalue weighted by atomic mass is 10.1. The van der Waals surface area contributed by atoms with Crippen molar-refractivity contribution in [2.24, 2.45) is 0 Å². The molecule has 0 bridgehead atoms. The van der Waals surface area contributed by atoms with Gasteiger partial charge in [-0.15, -0.1) is 0 Å². The SMILES string of the molecule is COc1cccc(CCNC(=O)NCc2cccc(Br)c2)c1. The van der Waals surface area contributed by atoms with Crippen molar-refractivity contribution in [2.45, 2.75) is 13.0 Å². The Labute approximate surface area is 139 Å². The number of amides is 2. The van der Waals surface area contributed by atoms with Gasteiger partial charge >= 0.3 is 6.03 Å². The number of rotatable bonds is 6. The predicted octanol–water partition coefficient (Wildman–Crippen LogP) is 3.50. The lowest BCUT2D eigenvalue weighted by molar-refractivity contribution is 0.240. The minimum atomic E-state index is -0.164. The maximum Gasteiger partial charge on any atom is 0.315 e. The second kappa shape index (κ2) is 8.44. The summed E-state index contributed by atoms with van der Waals surface area (Å²) in [4.78, 5) is 11.8. The highest BCUT2D eigenvalue weighted by molar-refractivity contribution is 9.10. The van der Waals surface area contributed by atoms with E-state index in [-0.39, 0.29) is 6.03 Å². The topological polar surface area (TPSA) is 50.4 Å². The van der Waals surface area contributed by atoms with Gasteiger partial charge in [0.25, 0.3) is 0 Å². The Morgan fingerprint density at radius 1 is 1.09 bits per heavy atom. The smallest absolute Gasteiger partial charge is 0.315 e. The molecule has 2 aromatic carbocycles. The summed E-state index contributed by atoms with van der Waals surface area (Å²) >= 11 is 3.41. The fourth-order valence-electron chi connectivity index (χ4n) is 2.04. The van der Waals surface area contributed by atoms with Gasteiger partial charge in [-0.25, -0.2) is 4.79 Å². The van der Waals surface area contributed by atoms with Gasteiger partial charge in [-0.2, -0.15) is 0 Å². The highest BCUT2D eigenvalue weighted by Crippen LogP contribution is 2.12. The Morgan fingerprint density at radius 3 is 2.64 bits per heavy atom. The number of hydrogen-bond acceptors (Lipinski definition) is 2. The minimum absolute atomic E-state index is 0.164. The van der Waals surface area contributed by atoms with Crippen LogP contribution in [0.25, 0.3) is 0 Å². The Kier molecular flexibility index (Phi) is 6.27. The van der Waals surface area contributed by atoms with Crippen LogP contribution in [0.2, 0.25) is 0 Å². The summed E-state index contributed by atoms with van der Waals surface area (Å²) in [5.41, 5.74) is 2.18. The van der Waals surface area contributed by atoms with E-state index in [2.05, 4.69) is 26.6 Å². The average Bonchev–Trinajstić information content (AvgIpc) is 2.53. The van der Waals surface area contributed by atoms with Gasteiger partial charge in [0.05, 0.1) is 7.11 Å². The van der Waals surface area contributed by atoms with E-state index in [0.717, 1.165) is 27.8 Å². The van der Waals surface area contributed by atoms with Crippen molar-refractivity contribution < 1.29 is 9.53 Å². The first kappa shape index (κ1) is 16.4. The number of hydrogen-bond donors (Lipinski definition) is 2. The predicted molar refractivity (Wildman–Crippen MR) is 91.1 cm³/mol. The monoisotopic (exact) mass is 362 g/mol. The third-order valence-electron chi connectivity index (χ3n) is 3.18. The van der Waals surface area contributed by atoms with Gasteiger partial charge in [-0.05, 0) is 41.8 Å². The molecule has 0 heterocycles. The second-order valence-corrected chi connectivity index (χ2v) is 5.76. The van der Waals surface area contributed by atoms with E-state index in [9.17, 15) is 4.79 Å². The molecule has 2 amide bonds. The molecule has 0 aliphatic heterocycles. The van der Waals surface area contributed by atoms with Crippen molar-refractivity contribution in [3.05, 3.63) is 64.1 Å². The summed E-state index contributed by atoms with van der Waals surface area (Å²) in [7, 11) is 1.65. The van der Waals surface area contributed by atoms with Crippen LogP contribution in [0.1, 0.15) is 11.1 Å². The summed E-state index contributed by atoms with van der Waals surface area (Å²) in [5, 5.41) is 5.69. The zero-order valence-electron chi connectivity index (χ0n) is 12.4. The molecule has 116 valence electrons. The lowest BCUT2D eigenvalue weighted by Crippen LogP contribution is -2.36. The third kappa shape index (κ3) is 5.41. The molecule has 2 N–H and O–H groups in total. The summed E-state index contributed by atoms with van der Waals surface area (Å²) < 4.78 is 6.18. The van der Waals surface area contributed by atoms with E-state index in [1.165, 1.54) is 0 Å². The van der Waals surface area contributed by atoms with E-state index >= 15 is 0 Å². The first-order chi connectivity index (χ1) is 10.7. The number of carbonyl (C=O) groups is 1. The molecular weight excluding hydrogens is 344 g/mol. The summed E-state index contributed by atoms with van der Waals surface area (Å²) in [6.07, 6.45) is 0.765. The maximum absolute atomic E-state index is 11.8. The van der Waals surface area contributed by atoms with Crippen LogP contribution in [0.15, 0.2) is 53.0 Å². The molecule has 4 nitrogen and oxygen atoms in total. The first-order valence-electron chi connectivity index (χ1n) is 7.06. The molecule has 0 aliphatic carbocycles. The molecule has 0 fully saturated rings. The number of nitrogens with one attached hydrogen (secondary N) is 2. The fourth-order valence-corrected chi connectivity index (χ4v) is 2.49. The van der Waals surface area contributed by atoms with Crippen LogP contribution in [0.3, 0.4) is 0 Å². The highest BCUT2D eigenvalue weighted by atomic mass is 79.9. The Morgan fingerprint density at radius 2 is 1.86 bits per heavy atom. The van der Waals surface area contributed by atoms with Crippen molar-refractivity contribution in [3.8, 4) is 5.75 Å². The molecule has 0 spiro atoms. The average molecular weight is 363 g/mol. The van der Waals surface area contributed by atoms with E-state index in [0.29, 0.717) is 13.1 Å². The molecule has 0 aromatic heterocycles. The van der Waals surface area contributed by atoms with Gasteiger partial charge in [-0.1, -0.05) is 40.2 Å². The van der Waals surface area contributed by atoms with Crippen LogP contribution in [-0.4, -0.2) is 19.7 Å². The minimum Gasteiger partial charge on any atom is -0.497 e. The van der Waals surface area contributed by atoms with Gasteiger partial charge in [0.1, 0.15) is 5.75 Å². The Hall–Kier alpha value is -2.01. The molecule has 0 saturated heterocycles. The van der Waals surface area contributed by atoms with Crippen LogP contribution in [0.5, 0.6) is 5.75 Å². The van der Waals surface area contributed by atoms with Crippen LogP contribution in [-0.2, 0) is 13.0 Å². The van der Waals surface area contributed by atoms with Gasteiger partial charge in [-0.3, -0.25) is 0 Å². The van der Waals surface area contributed by atoms with Gasteiger partial charge in [0.2, 0.25) is 0 Å². The largest absolute Gasteiger partial charge is 0.497 e. The molecule has 5 heteroatoms. The number of carbonyl (C=O) groups excluding carboxylic acids is 1. The van der Waals surface area contributed by atoms with Crippen molar-refractivity contribution in [3.63, 3.8) is 0 Å². The van der Waals surface area contributed by atoms with Crippen molar-refractivity contribution in [1.29, 1.82) is 0 Å². The normalized spacial score (nSPS) is 10.1. The zero-order valence-corrected chi connectivity index (χ0v) is 14.0. The molecule has 2 aromatic rings. The Balaban J connectivity index is 1.71. The fraction of sp³-hybridized carbons (Fsp3) is 0.235. The standard InChI is InChI=1S/C17H19BrN2O2/c1-22-16-7-3-4-13(11-16)8-9-19-17(21)20-12-14-5-2-6-15(18)10-14/h2-7,10-11H,8-9,12H2,1H3,(H2,19,20,21).